The van der Waals surface area contributed by atoms with Gasteiger partial charge < -0.3 is 10.1 Å². The Morgan fingerprint density at radius 3 is 2.37 bits per heavy atom. The second-order valence-corrected chi connectivity index (χ2v) is 5.65. The van der Waals surface area contributed by atoms with E-state index in [2.05, 4.69) is 19.2 Å². The van der Waals surface area contributed by atoms with Gasteiger partial charge in [0.25, 0.3) is 0 Å². The summed E-state index contributed by atoms with van der Waals surface area (Å²) in [5, 5.41) is 4.75. The van der Waals surface area contributed by atoms with Crippen molar-refractivity contribution in [2.45, 2.75) is 39.2 Å². The second kappa shape index (κ2) is 8.91. The molecule has 0 saturated carbocycles. The Balaban J connectivity index is 2.69. The van der Waals surface area contributed by atoms with Crippen LogP contribution in [0.2, 0.25) is 15.1 Å². The van der Waals surface area contributed by atoms with E-state index in [4.69, 9.17) is 39.5 Å². The van der Waals surface area contributed by atoms with E-state index in [0.717, 1.165) is 32.4 Å². The van der Waals surface area contributed by atoms with Gasteiger partial charge in [-0.25, -0.2) is 0 Å². The topological polar surface area (TPSA) is 21.3 Å². The van der Waals surface area contributed by atoms with Gasteiger partial charge in [-0.15, -0.1) is 0 Å². The maximum Gasteiger partial charge on any atom is 0.139 e. The van der Waals surface area contributed by atoms with E-state index in [1.165, 1.54) is 0 Å². The molecular formula is C14H20Cl3NO. The summed E-state index contributed by atoms with van der Waals surface area (Å²) in [6.45, 7) is 6.06. The number of benzene rings is 1. The standard InChI is InChI=1S/C14H20Cl3NO/c1-3-5-10(9-18-6-4-2)19-14-8-12(16)11(15)7-13(14)17/h7-8,10,18H,3-6,9H2,1-2H3. The van der Waals surface area contributed by atoms with E-state index in [0.29, 0.717) is 20.8 Å². The van der Waals surface area contributed by atoms with E-state index in [1.54, 1.807) is 12.1 Å². The van der Waals surface area contributed by atoms with E-state index in [-0.39, 0.29) is 6.10 Å². The summed E-state index contributed by atoms with van der Waals surface area (Å²) in [5.74, 6) is 0.591. The van der Waals surface area contributed by atoms with Gasteiger partial charge in [-0.3, -0.25) is 0 Å². The molecule has 19 heavy (non-hydrogen) atoms. The second-order valence-electron chi connectivity index (χ2n) is 4.43. The molecule has 0 radical (unpaired) electrons. The van der Waals surface area contributed by atoms with Crippen LogP contribution in [-0.4, -0.2) is 19.2 Å². The van der Waals surface area contributed by atoms with E-state index in [9.17, 15) is 0 Å². The fourth-order valence-corrected chi connectivity index (χ4v) is 2.32. The summed E-state index contributed by atoms with van der Waals surface area (Å²) in [7, 11) is 0. The quantitative estimate of drug-likeness (QED) is 0.524. The van der Waals surface area contributed by atoms with Crippen molar-refractivity contribution in [3.05, 3.63) is 27.2 Å². The minimum atomic E-state index is 0.0892. The Bertz CT molecular complexity index is 399. The Morgan fingerprint density at radius 2 is 1.74 bits per heavy atom. The smallest absolute Gasteiger partial charge is 0.139 e. The molecule has 108 valence electrons. The van der Waals surface area contributed by atoms with Crippen LogP contribution in [0.25, 0.3) is 0 Å². The van der Waals surface area contributed by atoms with E-state index in [1.807, 2.05) is 0 Å². The lowest BCUT2D eigenvalue weighted by Gasteiger charge is -2.20. The fraction of sp³-hybridized carbons (Fsp3) is 0.571. The molecule has 0 aliphatic carbocycles. The summed E-state index contributed by atoms with van der Waals surface area (Å²) in [5.41, 5.74) is 0. The Morgan fingerprint density at radius 1 is 1.05 bits per heavy atom. The molecule has 0 bridgehead atoms. The van der Waals surface area contributed by atoms with Gasteiger partial charge in [0.15, 0.2) is 0 Å². The number of hydrogen-bond donors (Lipinski definition) is 1. The van der Waals surface area contributed by atoms with Gasteiger partial charge >= 0.3 is 0 Å². The normalized spacial score (nSPS) is 12.5. The molecule has 0 aliphatic rings. The predicted molar refractivity (Wildman–Crippen MR) is 84.0 cm³/mol. The third-order valence-corrected chi connectivity index (χ3v) is 3.70. The number of hydrogen-bond acceptors (Lipinski definition) is 2. The molecule has 1 unspecified atom stereocenters. The molecule has 0 fully saturated rings. The summed E-state index contributed by atoms with van der Waals surface area (Å²) < 4.78 is 5.93. The van der Waals surface area contributed by atoms with Crippen molar-refractivity contribution >= 4 is 34.8 Å². The third-order valence-electron chi connectivity index (χ3n) is 2.68. The van der Waals surface area contributed by atoms with Gasteiger partial charge in [-0.2, -0.15) is 0 Å². The van der Waals surface area contributed by atoms with Crippen molar-refractivity contribution < 1.29 is 4.74 Å². The molecule has 1 aromatic carbocycles. The lowest BCUT2D eigenvalue weighted by molar-refractivity contribution is 0.187. The van der Waals surface area contributed by atoms with Crippen molar-refractivity contribution in [2.24, 2.45) is 0 Å². The van der Waals surface area contributed by atoms with E-state index >= 15 is 0 Å². The van der Waals surface area contributed by atoms with Crippen molar-refractivity contribution in [3.63, 3.8) is 0 Å². The van der Waals surface area contributed by atoms with Crippen molar-refractivity contribution in [1.29, 1.82) is 0 Å². The van der Waals surface area contributed by atoms with Crippen LogP contribution in [0.5, 0.6) is 5.75 Å². The zero-order chi connectivity index (χ0) is 14.3. The summed E-state index contributed by atoms with van der Waals surface area (Å²) in [4.78, 5) is 0. The summed E-state index contributed by atoms with van der Waals surface area (Å²) in [6.07, 6.45) is 3.21. The average molecular weight is 325 g/mol. The molecular weight excluding hydrogens is 305 g/mol. The zero-order valence-electron chi connectivity index (χ0n) is 11.3. The first-order valence-electron chi connectivity index (χ1n) is 6.60. The summed E-state index contributed by atoms with van der Waals surface area (Å²) >= 11 is 18.0. The molecule has 0 aromatic heterocycles. The van der Waals surface area contributed by atoms with Crippen LogP contribution in [0, 0.1) is 0 Å². The highest BCUT2D eigenvalue weighted by Gasteiger charge is 2.13. The highest BCUT2D eigenvalue weighted by atomic mass is 35.5. The van der Waals surface area contributed by atoms with Crippen LogP contribution in [0.4, 0.5) is 0 Å². The molecule has 1 rings (SSSR count). The van der Waals surface area contributed by atoms with Crippen LogP contribution < -0.4 is 10.1 Å². The highest BCUT2D eigenvalue weighted by Crippen LogP contribution is 2.34. The monoisotopic (exact) mass is 323 g/mol. The maximum absolute atomic E-state index is 6.12. The molecule has 0 spiro atoms. The largest absolute Gasteiger partial charge is 0.487 e. The van der Waals surface area contributed by atoms with Crippen LogP contribution in [0.15, 0.2) is 12.1 Å². The first-order chi connectivity index (χ1) is 9.08. The van der Waals surface area contributed by atoms with Crippen molar-refractivity contribution in [3.8, 4) is 5.75 Å². The van der Waals surface area contributed by atoms with Gasteiger partial charge in [0.2, 0.25) is 0 Å². The molecule has 0 heterocycles. The zero-order valence-corrected chi connectivity index (χ0v) is 13.6. The minimum absolute atomic E-state index is 0.0892. The number of ether oxygens (including phenoxy) is 1. The highest BCUT2D eigenvalue weighted by molar-refractivity contribution is 6.43. The molecule has 1 atom stereocenters. The number of halogens is 3. The minimum Gasteiger partial charge on any atom is -0.487 e. The Hall–Kier alpha value is -0.150. The average Bonchev–Trinajstić information content (AvgIpc) is 2.36. The van der Waals surface area contributed by atoms with Crippen LogP contribution in [0.1, 0.15) is 33.1 Å². The molecule has 2 nitrogen and oxygen atoms in total. The predicted octanol–water partition coefficient (Wildman–Crippen LogP) is 5.19. The van der Waals surface area contributed by atoms with Gasteiger partial charge in [0.05, 0.1) is 15.1 Å². The number of rotatable bonds is 8. The summed E-state index contributed by atoms with van der Waals surface area (Å²) in [6, 6.07) is 3.29. The molecule has 1 N–H and O–H groups in total. The maximum atomic E-state index is 6.12. The fourth-order valence-electron chi connectivity index (χ4n) is 1.74. The number of nitrogens with one attached hydrogen (secondary N) is 1. The van der Waals surface area contributed by atoms with Crippen molar-refractivity contribution in [1.82, 2.24) is 5.32 Å². The first-order valence-corrected chi connectivity index (χ1v) is 7.73. The molecule has 0 amide bonds. The van der Waals surface area contributed by atoms with Crippen LogP contribution in [-0.2, 0) is 0 Å². The lowest BCUT2D eigenvalue weighted by atomic mass is 10.2. The van der Waals surface area contributed by atoms with Gasteiger partial charge in [0.1, 0.15) is 11.9 Å². The first kappa shape index (κ1) is 16.9. The third kappa shape index (κ3) is 5.78. The van der Waals surface area contributed by atoms with E-state index < -0.39 is 0 Å². The SMILES string of the molecule is CCCNCC(CCC)Oc1cc(Cl)c(Cl)cc1Cl. The molecule has 0 saturated heterocycles. The van der Waals surface area contributed by atoms with Gasteiger partial charge in [0, 0.05) is 12.6 Å². The Labute approximate surface area is 130 Å². The lowest BCUT2D eigenvalue weighted by Crippen LogP contribution is -2.31. The van der Waals surface area contributed by atoms with Gasteiger partial charge in [-0.1, -0.05) is 55.1 Å². The van der Waals surface area contributed by atoms with Crippen molar-refractivity contribution in [2.75, 3.05) is 13.1 Å². The van der Waals surface area contributed by atoms with Crippen LogP contribution in [0.3, 0.4) is 0 Å². The Kier molecular flexibility index (Phi) is 7.93. The molecule has 0 aliphatic heterocycles. The molecule has 1 aromatic rings. The molecule has 5 heteroatoms. The van der Waals surface area contributed by atoms with Gasteiger partial charge in [-0.05, 0) is 25.5 Å². The van der Waals surface area contributed by atoms with Crippen LogP contribution >= 0.6 is 34.8 Å².